The second-order valence-corrected chi connectivity index (χ2v) is 4.74. The summed E-state index contributed by atoms with van der Waals surface area (Å²) in [5.41, 5.74) is 3.00. The Morgan fingerprint density at radius 2 is 1.94 bits per heavy atom. The van der Waals surface area contributed by atoms with Gasteiger partial charge in [0, 0.05) is 24.9 Å². The van der Waals surface area contributed by atoms with Gasteiger partial charge in [-0.3, -0.25) is 0 Å². The van der Waals surface area contributed by atoms with Crippen molar-refractivity contribution < 1.29 is 0 Å². The quantitative estimate of drug-likeness (QED) is 0.894. The van der Waals surface area contributed by atoms with E-state index in [1.807, 2.05) is 6.07 Å². The molecule has 0 saturated carbocycles. The normalized spacial score (nSPS) is 18.1. The minimum atomic E-state index is 0.582. The fraction of sp³-hybridized carbons (Fsp3) is 0.333. The Morgan fingerprint density at radius 3 is 2.83 bits per heavy atom. The number of nitrogens with one attached hydrogen (secondary N) is 1. The number of benzene rings is 1. The summed E-state index contributed by atoms with van der Waals surface area (Å²) < 4.78 is 0. The second kappa shape index (κ2) is 5.17. The lowest BCUT2D eigenvalue weighted by Gasteiger charge is -2.25. The fourth-order valence-corrected chi connectivity index (χ4v) is 2.67. The summed E-state index contributed by atoms with van der Waals surface area (Å²) in [6, 6.07) is 10.6. The van der Waals surface area contributed by atoms with Crippen LogP contribution in [0.25, 0.3) is 0 Å². The van der Waals surface area contributed by atoms with Crippen LogP contribution in [0.15, 0.2) is 42.7 Å². The Kier molecular flexibility index (Phi) is 3.22. The average molecular weight is 239 g/mol. The van der Waals surface area contributed by atoms with E-state index >= 15 is 0 Å². The Hall–Kier alpha value is -1.90. The molecule has 0 aliphatic heterocycles. The van der Waals surface area contributed by atoms with Gasteiger partial charge in [-0.15, -0.1) is 0 Å². The minimum Gasteiger partial charge on any atom is -0.354 e. The monoisotopic (exact) mass is 239 g/mol. The van der Waals surface area contributed by atoms with Crippen molar-refractivity contribution in [1.29, 1.82) is 0 Å². The maximum atomic E-state index is 4.20. The zero-order valence-electron chi connectivity index (χ0n) is 10.3. The largest absolute Gasteiger partial charge is 0.354 e. The van der Waals surface area contributed by atoms with Gasteiger partial charge in [0.05, 0.1) is 0 Å². The van der Waals surface area contributed by atoms with E-state index in [-0.39, 0.29) is 0 Å². The summed E-state index contributed by atoms with van der Waals surface area (Å²) in [7, 11) is 0. The molecular weight excluding hydrogens is 222 g/mol. The first kappa shape index (κ1) is 11.2. The Balaban J connectivity index is 1.71. The summed E-state index contributed by atoms with van der Waals surface area (Å²) in [5.74, 6) is 1.30. The van der Waals surface area contributed by atoms with Crippen LogP contribution in [0.5, 0.6) is 0 Å². The molecule has 1 aliphatic rings. The van der Waals surface area contributed by atoms with Crippen molar-refractivity contribution in [3.05, 3.63) is 53.9 Å². The molecule has 1 heterocycles. The number of aromatic nitrogens is 2. The van der Waals surface area contributed by atoms with Crippen LogP contribution in [-0.2, 0) is 6.42 Å². The van der Waals surface area contributed by atoms with Gasteiger partial charge in [0.15, 0.2) is 0 Å². The molecule has 1 atom stereocenters. The van der Waals surface area contributed by atoms with Gasteiger partial charge in [-0.05, 0) is 36.5 Å². The first-order chi connectivity index (χ1) is 8.93. The topological polar surface area (TPSA) is 37.8 Å². The molecule has 0 bridgehead atoms. The van der Waals surface area contributed by atoms with Gasteiger partial charge in [0.25, 0.3) is 0 Å². The van der Waals surface area contributed by atoms with E-state index in [2.05, 4.69) is 39.6 Å². The number of fused-ring (bicyclic) bond motifs is 1. The molecule has 0 saturated heterocycles. The van der Waals surface area contributed by atoms with E-state index in [9.17, 15) is 0 Å². The van der Waals surface area contributed by atoms with E-state index in [0.29, 0.717) is 5.92 Å². The molecule has 1 N–H and O–H groups in total. The lowest BCUT2D eigenvalue weighted by atomic mass is 9.83. The molecule has 3 nitrogen and oxygen atoms in total. The third kappa shape index (κ3) is 2.35. The summed E-state index contributed by atoms with van der Waals surface area (Å²) in [6.07, 6.45) is 7.28. The first-order valence-corrected chi connectivity index (χ1v) is 6.52. The Morgan fingerprint density at radius 1 is 1.11 bits per heavy atom. The molecule has 0 spiro atoms. The molecule has 0 fully saturated rings. The van der Waals surface area contributed by atoms with Crippen LogP contribution in [0.3, 0.4) is 0 Å². The van der Waals surface area contributed by atoms with Crippen molar-refractivity contribution >= 4 is 5.95 Å². The standard InChI is InChI=1S/C15H17N3/c1-2-8-14-12(5-1)6-3-7-13(14)11-18-15-16-9-4-10-17-15/h1-2,4-5,8-10,13H,3,6-7,11H2,(H,16,17,18). The predicted molar refractivity (Wildman–Crippen MR) is 72.6 cm³/mol. The van der Waals surface area contributed by atoms with Gasteiger partial charge in [-0.2, -0.15) is 0 Å². The molecular formula is C15H17N3. The lowest BCUT2D eigenvalue weighted by Crippen LogP contribution is -2.18. The summed E-state index contributed by atoms with van der Waals surface area (Å²) in [6.45, 7) is 0.918. The molecule has 3 heteroatoms. The number of nitrogens with zero attached hydrogens (tertiary/aromatic N) is 2. The van der Waals surface area contributed by atoms with Gasteiger partial charge in [-0.25, -0.2) is 9.97 Å². The average Bonchev–Trinajstić information content (AvgIpc) is 2.46. The summed E-state index contributed by atoms with van der Waals surface area (Å²) in [4.78, 5) is 8.39. The van der Waals surface area contributed by atoms with E-state index in [0.717, 1.165) is 12.5 Å². The highest BCUT2D eigenvalue weighted by atomic mass is 15.1. The number of aryl methyl sites for hydroxylation is 1. The smallest absolute Gasteiger partial charge is 0.222 e. The Labute approximate surface area is 107 Å². The molecule has 1 unspecified atom stereocenters. The van der Waals surface area contributed by atoms with Crippen LogP contribution < -0.4 is 5.32 Å². The fourth-order valence-electron chi connectivity index (χ4n) is 2.67. The highest BCUT2D eigenvalue weighted by Gasteiger charge is 2.19. The van der Waals surface area contributed by atoms with Crippen LogP contribution in [0.2, 0.25) is 0 Å². The van der Waals surface area contributed by atoms with Gasteiger partial charge in [-0.1, -0.05) is 24.3 Å². The van der Waals surface area contributed by atoms with Crippen LogP contribution in [0.1, 0.15) is 29.9 Å². The SMILES string of the molecule is c1cnc(NCC2CCCc3ccccc32)nc1. The van der Waals surface area contributed by atoms with Gasteiger partial charge in [0.2, 0.25) is 5.95 Å². The zero-order valence-corrected chi connectivity index (χ0v) is 10.3. The molecule has 92 valence electrons. The lowest BCUT2D eigenvalue weighted by molar-refractivity contribution is 0.570. The number of hydrogen-bond donors (Lipinski definition) is 1. The minimum absolute atomic E-state index is 0.582. The molecule has 0 amide bonds. The van der Waals surface area contributed by atoms with Crippen LogP contribution >= 0.6 is 0 Å². The highest BCUT2D eigenvalue weighted by Crippen LogP contribution is 2.31. The van der Waals surface area contributed by atoms with Gasteiger partial charge < -0.3 is 5.32 Å². The zero-order chi connectivity index (χ0) is 12.2. The van der Waals surface area contributed by atoms with E-state index in [4.69, 9.17) is 0 Å². The van der Waals surface area contributed by atoms with Crippen molar-refractivity contribution in [2.75, 3.05) is 11.9 Å². The molecule has 1 aromatic carbocycles. The number of rotatable bonds is 3. The first-order valence-electron chi connectivity index (χ1n) is 6.52. The maximum Gasteiger partial charge on any atom is 0.222 e. The molecule has 1 aliphatic carbocycles. The molecule has 2 aromatic rings. The molecule has 1 aromatic heterocycles. The van der Waals surface area contributed by atoms with Crippen molar-refractivity contribution in [2.24, 2.45) is 0 Å². The van der Waals surface area contributed by atoms with Gasteiger partial charge in [0.1, 0.15) is 0 Å². The summed E-state index contributed by atoms with van der Waals surface area (Å²) >= 11 is 0. The van der Waals surface area contributed by atoms with Crippen LogP contribution in [0, 0.1) is 0 Å². The van der Waals surface area contributed by atoms with E-state index in [1.165, 1.54) is 30.4 Å². The second-order valence-electron chi connectivity index (χ2n) is 4.74. The third-order valence-corrected chi connectivity index (χ3v) is 3.57. The van der Waals surface area contributed by atoms with Gasteiger partial charge >= 0.3 is 0 Å². The number of anilines is 1. The molecule has 18 heavy (non-hydrogen) atoms. The van der Waals surface area contributed by atoms with Crippen molar-refractivity contribution in [1.82, 2.24) is 9.97 Å². The van der Waals surface area contributed by atoms with E-state index in [1.54, 1.807) is 12.4 Å². The number of hydrogen-bond acceptors (Lipinski definition) is 3. The van der Waals surface area contributed by atoms with Crippen LogP contribution in [0.4, 0.5) is 5.95 Å². The van der Waals surface area contributed by atoms with E-state index < -0.39 is 0 Å². The summed E-state index contributed by atoms with van der Waals surface area (Å²) in [5, 5.41) is 3.33. The Bertz CT molecular complexity index is 510. The van der Waals surface area contributed by atoms with Crippen molar-refractivity contribution in [2.45, 2.75) is 25.2 Å². The van der Waals surface area contributed by atoms with Crippen LogP contribution in [-0.4, -0.2) is 16.5 Å². The maximum absolute atomic E-state index is 4.20. The molecule has 3 rings (SSSR count). The predicted octanol–water partition coefficient (Wildman–Crippen LogP) is 3.01. The highest BCUT2D eigenvalue weighted by molar-refractivity contribution is 5.34. The molecule has 0 radical (unpaired) electrons. The van der Waals surface area contributed by atoms with Crippen molar-refractivity contribution in [3.63, 3.8) is 0 Å². The third-order valence-electron chi connectivity index (χ3n) is 3.57. The van der Waals surface area contributed by atoms with Crippen molar-refractivity contribution in [3.8, 4) is 0 Å².